The van der Waals surface area contributed by atoms with Crippen molar-refractivity contribution in [2.75, 3.05) is 13.1 Å². The molecule has 1 N–H and O–H groups in total. The first kappa shape index (κ1) is 19.2. The Morgan fingerprint density at radius 3 is 2.72 bits per heavy atom. The van der Waals surface area contributed by atoms with E-state index in [-0.39, 0.29) is 11.8 Å². The first-order valence-electron chi connectivity index (χ1n) is 9.51. The second-order valence-corrected chi connectivity index (χ2v) is 7.39. The van der Waals surface area contributed by atoms with Crippen LogP contribution in [0.2, 0.25) is 0 Å². The van der Waals surface area contributed by atoms with Gasteiger partial charge < -0.3 is 9.88 Å². The van der Waals surface area contributed by atoms with Gasteiger partial charge in [0.05, 0.1) is 17.4 Å². The Labute approximate surface area is 165 Å². The summed E-state index contributed by atoms with van der Waals surface area (Å²) < 4.78 is 26.6. The van der Waals surface area contributed by atoms with Crippen molar-refractivity contribution >= 4 is 16.9 Å². The molecule has 0 aliphatic carbocycles. The maximum atomic E-state index is 12.8. The van der Waals surface area contributed by atoms with Crippen molar-refractivity contribution in [2.24, 2.45) is 5.92 Å². The van der Waals surface area contributed by atoms with Crippen LogP contribution in [0.4, 0.5) is 8.78 Å². The number of rotatable bonds is 4. The smallest absolute Gasteiger partial charge is 0.280 e. The molecule has 29 heavy (non-hydrogen) atoms. The largest absolute Gasteiger partial charge is 0.342 e. The molecule has 0 radical (unpaired) electrons. The number of amides is 1. The van der Waals surface area contributed by atoms with E-state index < -0.39 is 17.7 Å². The van der Waals surface area contributed by atoms with Crippen LogP contribution in [0.3, 0.4) is 0 Å². The van der Waals surface area contributed by atoms with Crippen LogP contribution < -0.4 is 5.56 Å². The second kappa shape index (κ2) is 7.73. The number of aromatic nitrogens is 4. The van der Waals surface area contributed by atoms with Crippen LogP contribution in [0.5, 0.6) is 0 Å². The lowest BCUT2D eigenvalue weighted by atomic mass is 9.96. The summed E-state index contributed by atoms with van der Waals surface area (Å²) in [6.07, 6.45) is -0.0972. The number of imidazole rings is 1. The maximum Gasteiger partial charge on any atom is 0.280 e. The van der Waals surface area contributed by atoms with Gasteiger partial charge >= 0.3 is 0 Å². The topological polar surface area (TPSA) is 83.9 Å². The Bertz CT molecular complexity index is 1100. The average Bonchev–Trinajstić information content (AvgIpc) is 3.08. The summed E-state index contributed by atoms with van der Waals surface area (Å²) in [7, 11) is 0. The average molecular weight is 401 g/mol. The second-order valence-electron chi connectivity index (χ2n) is 7.39. The molecule has 3 heterocycles. The summed E-state index contributed by atoms with van der Waals surface area (Å²) in [6, 6.07) is 6.32. The van der Waals surface area contributed by atoms with Crippen LogP contribution in [0.15, 0.2) is 35.4 Å². The van der Waals surface area contributed by atoms with Crippen molar-refractivity contribution in [1.82, 2.24) is 24.4 Å². The summed E-state index contributed by atoms with van der Waals surface area (Å²) in [5.41, 5.74) is 1.30. The minimum Gasteiger partial charge on any atom is -0.342 e. The van der Waals surface area contributed by atoms with E-state index in [0.29, 0.717) is 25.2 Å². The van der Waals surface area contributed by atoms with Crippen LogP contribution in [0.25, 0.3) is 11.0 Å². The molecule has 3 aromatic rings. The van der Waals surface area contributed by atoms with Gasteiger partial charge in [-0.25, -0.2) is 18.7 Å². The Morgan fingerprint density at radius 2 is 2.03 bits per heavy atom. The van der Waals surface area contributed by atoms with Crippen molar-refractivity contribution in [3.63, 3.8) is 0 Å². The van der Waals surface area contributed by atoms with E-state index in [1.807, 2.05) is 24.0 Å². The molecule has 1 fully saturated rings. The monoisotopic (exact) mass is 401 g/mol. The van der Waals surface area contributed by atoms with Gasteiger partial charge in [0.25, 0.3) is 17.9 Å². The van der Waals surface area contributed by atoms with Gasteiger partial charge in [-0.15, -0.1) is 0 Å². The normalized spacial score (nSPS) is 15.4. The summed E-state index contributed by atoms with van der Waals surface area (Å²) in [5.74, 6) is 0.961. The highest BCUT2D eigenvalue weighted by Gasteiger charge is 2.24. The zero-order valence-electron chi connectivity index (χ0n) is 15.9. The number of benzene rings is 1. The quantitative estimate of drug-likeness (QED) is 0.729. The molecule has 1 saturated heterocycles. The molecule has 0 atom stereocenters. The van der Waals surface area contributed by atoms with Gasteiger partial charge in [0.2, 0.25) is 0 Å². The lowest BCUT2D eigenvalue weighted by Gasteiger charge is -2.32. The first-order valence-corrected chi connectivity index (χ1v) is 9.51. The summed E-state index contributed by atoms with van der Waals surface area (Å²) in [5, 5.41) is 0. The minimum atomic E-state index is -2.75. The van der Waals surface area contributed by atoms with E-state index >= 15 is 0 Å². The van der Waals surface area contributed by atoms with E-state index in [4.69, 9.17) is 0 Å². The number of alkyl halides is 2. The van der Waals surface area contributed by atoms with Gasteiger partial charge in [0, 0.05) is 31.3 Å². The van der Waals surface area contributed by atoms with Gasteiger partial charge in [-0.1, -0.05) is 0 Å². The molecule has 4 rings (SSSR count). The van der Waals surface area contributed by atoms with E-state index in [9.17, 15) is 18.4 Å². The van der Waals surface area contributed by atoms with E-state index in [0.717, 1.165) is 35.8 Å². The molecule has 9 heteroatoms. The molecule has 0 bridgehead atoms. The Hall–Kier alpha value is -3.10. The first-order chi connectivity index (χ1) is 13.9. The standard InChI is InChI=1S/C20H21F2N5O2/c1-12-24-15-3-2-14(8-16(15)25-12)20(29)26-6-4-13(5-7-26)10-27-11-23-17(19(21)22)9-18(27)28/h2-3,8-9,11,13,19H,4-7,10H2,1H3,(H,24,25). The molecule has 0 unspecified atom stereocenters. The number of hydrogen-bond donors (Lipinski definition) is 1. The van der Waals surface area contributed by atoms with Gasteiger partial charge in [0.1, 0.15) is 11.5 Å². The Balaban J connectivity index is 1.38. The number of nitrogens with one attached hydrogen (secondary N) is 1. The fraction of sp³-hybridized carbons (Fsp3) is 0.400. The molecule has 1 amide bonds. The molecule has 2 aromatic heterocycles. The lowest BCUT2D eigenvalue weighted by molar-refractivity contribution is 0.0682. The minimum absolute atomic E-state index is 0.0299. The van der Waals surface area contributed by atoms with E-state index in [1.54, 1.807) is 6.07 Å². The SMILES string of the molecule is Cc1nc2ccc(C(=O)N3CCC(Cn4cnc(C(F)F)cc4=O)CC3)cc2[nH]1. The molecule has 1 aromatic carbocycles. The van der Waals surface area contributed by atoms with Gasteiger partial charge in [0.15, 0.2) is 0 Å². The summed E-state index contributed by atoms with van der Waals surface area (Å²) in [4.78, 5) is 37.8. The van der Waals surface area contributed by atoms with Crippen LogP contribution in [0.1, 0.15) is 41.1 Å². The highest BCUT2D eigenvalue weighted by Crippen LogP contribution is 2.22. The number of H-pyrrole nitrogens is 1. The van der Waals surface area contributed by atoms with Crippen molar-refractivity contribution in [2.45, 2.75) is 32.7 Å². The van der Waals surface area contributed by atoms with Crippen LogP contribution in [-0.2, 0) is 6.54 Å². The predicted octanol–water partition coefficient (Wildman–Crippen LogP) is 2.92. The van der Waals surface area contributed by atoms with Crippen molar-refractivity contribution in [1.29, 1.82) is 0 Å². The molecule has 1 aliphatic rings. The highest BCUT2D eigenvalue weighted by atomic mass is 19.3. The summed E-state index contributed by atoms with van der Waals surface area (Å²) in [6.45, 7) is 3.45. The van der Waals surface area contributed by atoms with E-state index in [2.05, 4.69) is 15.0 Å². The van der Waals surface area contributed by atoms with Gasteiger partial charge in [-0.2, -0.15) is 0 Å². The third-order valence-corrected chi connectivity index (χ3v) is 5.33. The van der Waals surface area contributed by atoms with Crippen LogP contribution in [0, 0.1) is 12.8 Å². The number of nitrogens with zero attached hydrogens (tertiary/aromatic N) is 4. The lowest BCUT2D eigenvalue weighted by Crippen LogP contribution is -2.40. The fourth-order valence-electron chi connectivity index (χ4n) is 3.75. The van der Waals surface area contributed by atoms with Crippen molar-refractivity contribution in [3.05, 3.63) is 58.0 Å². The molecular formula is C20H21F2N5O2. The molecule has 7 nitrogen and oxygen atoms in total. The molecule has 1 aliphatic heterocycles. The number of likely N-dealkylation sites (tertiary alicyclic amines) is 1. The highest BCUT2D eigenvalue weighted by molar-refractivity contribution is 5.97. The number of piperidine rings is 1. The molecule has 0 saturated carbocycles. The number of aromatic amines is 1. The summed E-state index contributed by atoms with van der Waals surface area (Å²) >= 11 is 0. The number of aryl methyl sites for hydroxylation is 1. The predicted molar refractivity (Wildman–Crippen MR) is 103 cm³/mol. The van der Waals surface area contributed by atoms with Crippen molar-refractivity contribution in [3.8, 4) is 0 Å². The Morgan fingerprint density at radius 1 is 1.28 bits per heavy atom. The third kappa shape index (κ3) is 4.03. The number of carbonyl (C=O) groups excluding carboxylic acids is 1. The van der Waals surface area contributed by atoms with Crippen LogP contribution in [-0.4, -0.2) is 43.4 Å². The molecule has 152 valence electrons. The maximum absolute atomic E-state index is 12.8. The zero-order valence-corrected chi connectivity index (χ0v) is 15.9. The number of halogens is 2. The molecular weight excluding hydrogens is 380 g/mol. The number of hydrogen-bond acceptors (Lipinski definition) is 4. The fourth-order valence-corrected chi connectivity index (χ4v) is 3.75. The zero-order chi connectivity index (χ0) is 20.5. The van der Waals surface area contributed by atoms with Crippen LogP contribution >= 0.6 is 0 Å². The van der Waals surface area contributed by atoms with E-state index in [1.165, 1.54) is 10.9 Å². The number of carbonyl (C=O) groups is 1. The Kier molecular flexibility index (Phi) is 5.12. The number of fused-ring (bicyclic) bond motifs is 1. The van der Waals surface area contributed by atoms with Gasteiger partial charge in [-0.05, 0) is 43.9 Å². The third-order valence-electron chi connectivity index (χ3n) is 5.33. The van der Waals surface area contributed by atoms with Crippen molar-refractivity contribution < 1.29 is 13.6 Å². The van der Waals surface area contributed by atoms with Gasteiger partial charge in [-0.3, -0.25) is 14.2 Å². The molecule has 0 spiro atoms.